The molecule has 2 aliphatic rings. The van der Waals surface area contributed by atoms with Gasteiger partial charge >= 0.3 is 0 Å². The summed E-state index contributed by atoms with van der Waals surface area (Å²) in [5.41, 5.74) is 1.89. The first-order chi connectivity index (χ1) is 7.78. The van der Waals surface area contributed by atoms with Gasteiger partial charge in [-0.2, -0.15) is 0 Å². The minimum Gasteiger partial charge on any atom is -0.315 e. The van der Waals surface area contributed by atoms with E-state index in [1.54, 1.807) is 4.88 Å². The molecule has 1 aromatic carbocycles. The smallest absolute Gasteiger partial charge is 0.0346 e. The van der Waals surface area contributed by atoms with Crippen LogP contribution in [0.1, 0.15) is 16.9 Å². The molecule has 1 saturated heterocycles. The zero-order valence-electron chi connectivity index (χ0n) is 9.42. The van der Waals surface area contributed by atoms with Crippen LogP contribution in [-0.4, -0.2) is 13.1 Å². The van der Waals surface area contributed by atoms with E-state index in [4.69, 9.17) is 0 Å². The largest absolute Gasteiger partial charge is 0.315 e. The van der Waals surface area contributed by atoms with E-state index in [-0.39, 0.29) is 0 Å². The molecule has 2 heterocycles. The van der Waals surface area contributed by atoms with Crippen LogP contribution in [0.3, 0.4) is 0 Å². The third-order valence-electron chi connectivity index (χ3n) is 4.23. The summed E-state index contributed by atoms with van der Waals surface area (Å²) in [6.07, 6.45) is 1.41. The Morgan fingerprint density at radius 2 is 2.31 bits per heavy atom. The molecule has 2 aromatic rings. The molecule has 1 saturated carbocycles. The van der Waals surface area contributed by atoms with Crippen molar-refractivity contribution >= 4 is 21.4 Å². The average molecular weight is 229 g/mol. The monoisotopic (exact) mass is 229 g/mol. The minimum absolute atomic E-state index is 0.525. The van der Waals surface area contributed by atoms with Crippen LogP contribution in [0.5, 0.6) is 0 Å². The van der Waals surface area contributed by atoms with Gasteiger partial charge in [0, 0.05) is 21.5 Å². The summed E-state index contributed by atoms with van der Waals surface area (Å²) >= 11 is 2.00. The van der Waals surface area contributed by atoms with Gasteiger partial charge in [-0.05, 0) is 43.3 Å². The van der Waals surface area contributed by atoms with E-state index in [2.05, 4.69) is 36.5 Å². The standard InChI is InChI=1S/C14H15NS/c1-9-2-3-12-10(4-9)5-13(16-12)14-6-11(14)7-15-8-14/h2-5,11,15H,6-8H2,1H3. The fraction of sp³-hybridized carbons (Fsp3) is 0.429. The van der Waals surface area contributed by atoms with Crippen molar-refractivity contribution in [3.8, 4) is 0 Å². The molecule has 82 valence electrons. The number of nitrogens with one attached hydrogen (secondary N) is 1. The lowest BCUT2D eigenvalue weighted by Gasteiger charge is -2.07. The summed E-state index contributed by atoms with van der Waals surface area (Å²) in [5, 5.41) is 4.96. The molecule has 0 amide bonds. The Hall–Kier alpha value is -0.860. The van der Waals surface area contributed by atoms with E-state index in [9.17, 15) is 0 Å². The van der Waals surface area contributed by atoms with Gasteiger partial charge in [-0.15, -0.1) is 11.3 Å². The Labute approximate surface area is 99.5 Å². The topological polar surface area (TPSA) is 12.0 Å². The summed E-state index contributed by atoms with van der Waals surface area (Å²) < 4.78 is 1.45. The number of thiophene rings is 1. The Balaban J connectivity index is 1.87. The summed E-state index contributed by atoms with van der Waals surface area (Å²) in [6.45, 7) is 4.60. The maximum Gasteiger partial charge on any atom is 0.0346 e. The maximum absolute atomic E-state index is 3.52. The molecular weight excluding hydrogens is 214 g/mol. The highest BCUT2D eigenvalue weighted by atomic mass is 32.1. The van der Waals surface area contributed by atoms with Gasteiger partial charge in [-0.25, -0.2) is 0 Å². The van der Waals surface area contributed by atoms with Crippen LogP contribution < -0.4 is 5.32 Å². The predicted octanol–water partition coefficient (Wildman–Crippen LogP) is 3.07. The van der Waals surface area contributed by atoms with E-state index in [0.29, 0.717) is 5.41 Å². The first kappa shape index (κ1) is 9.20. The van der Waals surface area contributed by atoms with Crippen molar-refractivity contribution in [3.05, 3.63) is 34.7 Å². The molecule has 2 unspecified atom stereocenters. The predicted molar refractivity (Wildman–Crippen MR) is 69.2 cm³/mol. The second-order valence-electron chi connectivity index (χ2n) is 5.34. The zero-order valence-corrected chi connectivity index (χ0v) is 10.2. The highest BCUT2D eigenvalue weighted by Gasteiger charge is 2.58. The molecule has 1 N–H and O–H groups in total. The van der Waals surface area contributed by atoms with E-state index >= 15 is 0 Å². The number of aryl methyl sites for hydroxylation is 1. The lowest BCUT2D eigenvalue weighted by molar-refractivity contribution is 0.686. The summed E-state index contributed by atoms with van der Waals surface area (Å²) in [5.74, 6) is 0.918. The Morgan fingerprint density at radius 1 is 1.38 bits per heavy atom. The first-order valence-corrected chi connectivity index (χ1v) is 6.81. The van der Waals surface area contributed by atoms with E-state index in [1.807, 2.05) is 11.3 Å². The molecule has 4 rings (SSSR count). The van der Waals surface area contributed by atoms with Crippen LogP contribution in [0, 0.1) is 12.8 Å². The van der Waals surface area contributed by atoms with Crippen LogP contribution in [0.2, 0.25) is 0 Å². The van der Waals surface area contributed by atoms with Crippen LogP contribution in [0.15, 0.2) is 24.3 Å². The number of hydrogen-bond acceptors (Lipinski definition) is 2. The highest BCUT2D eigenvalue weighted by Crippen LogP contribution is 2.58. The summed E-state index contributed by atoms with van der Waals surface area (Å²) in [4.78, 5) is 1.61. The molecule has 2 atom stereocenters. The van der Waals surface area contributed by atoms with Crippen molar-refractivity contribution < 1.29 is 0 Å². The van der Waals surface area contributed by atoms with Gasteiger partial charge in [-0.3, -0.25) is 0 Å². The normalized spacial score (nSPS) is 31.9. The molecule has 1 aliphatic carbocycles. The van der Waals surface area contributed by atoms with Gasteiger partial charge in [0.25, 0.3) is 0 Å². The van der Waals surface area contributed by atoms with Crippen molar-refractivity contribution in [2.45, 2.75) is 18.8 Å². The Kier molecular flexibility index (Phi) is 1.65. The van der Waals surface area contributed by atoms with Gasteiger partial charge in [0.1, 0.15) is 0 Å². The second-order valence-corrected chi connectivity index (χ2v) is 6.42. The number of fused-ring (bicyclic) bond motifs is 2. The Bertz CT molecular complexity index is 571. The molecule has 1 aromatic heterocycles. The van der Waals surface area contributed by atoms with Crippen molar-refractivity contribution in [2.75, 3.05) is 13.1 Å². The molecule has 0 bridgehead atoms. The second kappa shape index (κ2) is 2.88. The molecule has 2 fully saturated rings. The lowest BCUT2D eigenvalue weighted by atomic mass is 10.0. The van der Waals surface area contributed by atoms with Crippen LogP contribution >= 0.6 is 11.3 Å². The number of rotatable bonds is 1. The van der Waals surface area contributed by atoms with Crippen molar-refractivity contribution in [1.82, 2.24) is 5.32 Å². The zero-order chi connectivity index (χ0) is 10.8. The fourth-order valence-electron chi connectivity index (χ4n) is 3.13. The molecular formula is C14H15NS. The number of piperidine rings is 1. The van der Waals surface area contributed by atoms with E-state index < -0.39 is 0 Å². The van der Waals surface area contributed by atoms with Gasteiger partial charge < -0.3 is 5.32 Å². The summed E-state index contributed by atoms with van der Waals surface area (Å²) in [6, 6.07) is 9.23. The quantitative estimate of drug-likeness (QED) is 0.792. The van der Waals surface area contributed by atoms with Gasteiger partial charge in [-0.1, -0.05) is 17.7 Å². The van der Waals surface area contributed by atoms with Gasteiger partial charge in [0.05, 0.1) is 0 Å². The van der Waals surface area contributed by atoms with Crippen molar-refractivity contribution in [2.24, 2.45) is 5.92 Å². The average Bonchev–Trinajstić information content (AvgIpc) is 2.69. The first-order valence-electron chi connectivity index (χ1n) is 5.99. The van der Waals surface area contributed by atoms with Crippen LogP contribution in [0.4, 0.5) is 0 Å². The van der Waals surface area contributed by atoms with Crippen molar-refractivity contribution in [3.63, 3.8) is 0 Å². The number of hydrogen-bond donors (Lipinski definition) is 1. The molecule has 0 radical (unpaired) electrons. The van der Waals surface area contributed by atoms with E-state index in [1.165, 1.54) is 35.2 Å². The van der Waals surface area contributed by atoms with Gasteiger partial charge in [0.15, 0.2) is 0 Å². The van der Waals surface area contributed by atoms with Crippen molar-refractivity contribution in [1.29, 1.82) is 0 Å². The van der Waals surface area contributed by atoms with E-state index in [0.717, 1.165) is 5.92 Å². The highest BCUT2D eigenvalue weighted by molar-refractivity contribution is 7.19. The lowest BCUT2D eigenvalue weighted by Crippen LogP contribution is -2.18. The Morgan fingerprint density at radius 3 is 3.06 bits per heavy atom. The molecule has 1 aliphatic heterocycles. The van der Waals surface area contributed by atoms with Gasteiger partial charge in [0.2, 0.25) is 0 Å². The molecule has 1 nitrogen and oxygen atoms in total. The number of benzene rings is 1. The molecule has 16 heavy (non-hydrogen) atoms. The molecule has 2 heteroatoms. The SMILES string of the molecule is Cc1ccc2sc(C34CNCC3C4)cc2c1. The third kappa shape index (κ3) is 1.09. The summed E-state index contributed by atoms with van der Waals surface area (Å²) in [7, 11) is 0. The maximum atomic E-state index is 3.52. The third-order valence-corrected chi connectivity index (χ3v) is 5.56. The molecule has 0 spiro atoms. The minimum atomic E-state index is 0.525. The fourth-order valence-corrected chi connectivity index (χ4v) is 4.45. The van der Waals surface area contributed by atoms with Crippen LogP contribution in [-0.2, 0) is 5.41 Å². The van der Waals surface area contributed by atoms with Crippen LogP contribution in [0.25, 0.3) is 10.1 Å².